The average Bonchev–Trinajstić information content (AvgIpc) is 3.04. The van der Waals surface area contributed by atoms with E-state index in [2.05, 4.69) is 20.5 Å². The highest BCUT2D eigenvalue weighted by atomic mass is 16.3. The largest absolute Gasteiger partial charge is 0.463 e. The summed E-state index contributed by atoms with van der Waals surface area (Å²) in [5.41, 5.74) is 1.99. The molecule has 9 nitrogen and oxygen atoms in total. The molecular weight excluding hydrogens is 288 g/mol. The summed E-state index contributed by atoms with van der Waals surface area (Å²) in [6.07, 6.45) is 4.38. The van der Waals surface area contributed by atoms with E-state index >= 15 is 0 Å². The normalized spacial score (nSPS) is 11.4. The Bertz CT molecular complexity index is 968. The second-order valence-corrected chi connectivity index (χ2v) is 4.52. The van der Waals surface area contributed by atoms with Crippen molar-refractivity contribution in [2.24, 2.45) is 19.2 Å². The lowest BCUT2D eigenvalue weighted by Crippen LogP contribution is -2.37. The summed E-state index contributed by atoms with van der Waals surface area (Å²) in [5.74, 6) is 0.852. The van der Waals surface area contributed by atoms with Gasteiger partial charge in [-0.2, -0.15) is 5.10 Å². The molecule has 3 aromatic rings. The number of hydrazone groups is 1. The van der Waals surface area contributed by atoms with Crippen LogP contribution in [-0.4, -0.2) is 25.3 Å². The number of hydrogen-bond acceptors (Lipinski definition) is 7. The van der Waals surface area contributed by atoms with Crippen molar-refractivity contribution < 1.29 is 4.42 Å². The van der Waals surface area contributed by atoms with Crippen LogP contribution in [0.2, 0.25) is 0 Å². The average molecular weight is 300 g/mol. The zero-order chi connectivity index (χ0) is 15.7. The van der Waals surface area contributed by atoms with Crippen LogP contribution in [0.5, 0.6) is 0 Å². The molecule has 9 heteroatoms. The SMILES string of the molecule is Cn1c(=O)c2nc(N/N=C/c3ccco3)cnc2n(C)c1=O. The number of furan rings is 1. The van der Waals surface area contributed by atoms with Gasteiger partial charge in [-0.15, -0.1) is 0 Å². The molecular formula is C13H12N6O3. The fourth-order valence-corrected chi connectivity index (χ4v) is 1.91. The van der Waals surface area contributed by atoms with Crippen molar-refractivity contribution in [2.45, 2.75) is 0 Å². The maximum atomic E-state index is 12.1. The first-order valence-electron chi connectivity index (χ1n) is 6.33. The first-order valence-corrected chi connectivity index (χ1v) is 6.33. The van der Waals surface area contributed by atoms with E-state index in [0.717, 1.165) is 4.57 Å². The molecule has 22 heavy (non-hydrogen) atoms. The van der Waals surface area contributed by atoms with Gasteiger partial charge < -0.3 is 4.42 Å². The van der Waals surface area contributed by atoms with Crippen molar-refractivity contribution in [3.8, 4) is 0 Å². The van der Waals surface area contributed by atoms with Crippen molar-refractivity contribution >= 4 is 23.2 Å². The van der Waals surface area contributed by atoms with Gasteiger partial charge in [-0.3, -0.25) is 19.4 Å². The second-order valence-electron chi connectivity index (χ2n) is 4.52. The summed E-state index contributed by atoms with van der Waals surface area (Å²) >= 11 is 0. The maximum absolute atomic E-state index is 12.1. The summed E-state index contributed by atoms with van der Waals surface area (Å²) < 4.78 is 7.33. The highest BCUT2D eigenvalue weighted by molar-refractivity contribution is 5.76. The Hall–Kier alpha value is -3.23. The Morgan fingerprint density at radius 1 is 1.32 bits per heavy atom. The monoisotopic (exact) mass is 300 g/mol. The van der Waals surface area contributed by atoms with E-state index in [1.54, 1.807) is 12.1 Å². The van der Waals surface area contributed by atoms with Crippen molar-refractivity contribution in [1.29, 1.82) is 0 Å². The highest BCUT2D eigenvalue weighted by Gasteiger charge is 2.11. The first kappa shape index (κ1) is 13.7. The van der Waals surface area contributed by atoms with Crippen LogP contribution >= 0.6 is 0 Å². The molecule has 3 heterocycles. The molecule has 0 saturated carbocycles. The van der Waals surface area contributed by atoms with Crippen LogP contribution < -0.4 is 16.7 Å². The Morgan fingerprint density at radius 2 is 2.14 bits per heavy atom. The van der Waals surface area contributed by atoms with Gasteiger partial charge in [-0.05, 0) is 12.1 Å². The molecule has 0 spiro atoms. The number of aromatic nitrogens is 4. The molecule has 0 atom stereocenters. The van der Waals surface area contributed by atoms with Crippen LogP contribution in [0.4, 0.5) is 5.82 Å². The number of fused-ring (bicyclic) bond motifs is 1. The lowest BCUT2D eigenvalue weighted by atomic mass is 10.4. The van der Waals surface area contributed by atoms with Crippen LogP contribution in [-0.2, 0) is 14.1 Å². The van der Waals surface area contributed by atoms with Crippen LogP contribution in [0, 0.1) is 0 Å². The fourth-order valence-electron chi connectivity index (χ4n) is 1.91. The smallest absolute Gasteiger partial charge is 0.332 e. The molecule has 1 N–H and O–H groups in total. The number of rotatable bonds is 3. The number of anilines is 1. The second kappa shape index (κ2) is 5.28. The van der Waals surface area contributed by atoms with Gasteiger partial charge in [0.15, 0.2) is 17.0 Å². The van der Waals surface area contributed by atoms with Crippen LogP contribution in [0.25, 0.3) is 11.2 Å². The third-order valence-corrected chi connectivity index (χ3v) is 3.07. The third kappa shape index (κ3) is 2.28. The zero-order valence-electron chi connectivity index (χ0n) is 11.8. The lowest BCUT2D eigenvalue weighted by Gasteiger charge is -2.06. The standard InChI is InChI=1S/C13H12N6O3/c1-18-11-10(12(20)19(2)13(18)21)16-9(7-14-11)17-15-6-8-4-3-5-22-8/h3-7H,1-2H3,(H,16,17)/b15-6+. The molecule has 0 aliphatic heterocycles. The van der Waals surface area contributed by atoms with E-state index in [9.17, 15) is 9.59 Å². The Morgan fingerprint density at radius 3 is 2.86 bits per heavy atom. The highest BCUT2D eigenvalue weighted by Crippen LogP contribution is 2.06. The molecule has 0 radical (unpaired) electrons. The fraction of sp³-hybridized carbons (Fsp3) is 0.154. The minimum atomic E-state index is -0.510. The summed E-state index contributed by atoms with van der Waals surface area (Å²) in [4.78, 5) is 32.1. The van der Waals surface area contributed by atoms with E-state index < -0.39 is 11.2 Å². The quantitative estimate of drug-likeness (QED) is 0.541. The molecule has 3 rings (SSSR count). The van der Waals surface area contributed by atoms with Gasteiger partial charge in [0.2, 0.25) is 0 Å². The molecule has 0 aromatic carbocycles. The predicted octanol–water partition coefficient (Wildman–Crippen LogP) is 0.0662. The first-order chi connectivity index (χ1) is 10.6. The van der Waals surface area contributed by atoms with E-state index in [-0.39, 0.29) is 17.0 Å². The minimum absolute atomic E-state index is 0.0859. The molecule has 0 amide bonds. The predicted molar refractivity (Wildman–Crippen MR) is 79.9 cm³/mol. The molecule has 0 unspecified atom stereocenters. The number of nitrogens with one attached hydrogen (secondary N) is 1. The van der Waals surface area contributed by atoms with Gasteiger partial charge in [-0.1, -0.05) is 0 Å². The van der Waals surface area contributed by atoms with Gasteiger partial charge in [0, 0.05) is 14.1 Å². The van der Waals surface area contributed by atoms with Crippen LogP contribution in [0.1, 0.15) is 5.76 Å². The minimum Gasteiger partial charge on any atom is -0.463 e. The van der Waals surface area contributed by atoms with Crippen molar-refractivity contribution in [3.05, 3.63) is 51.2 Å². The zero-order valence-corrected chi connectivity index (χ0v) is 11.8. The van der Waals surface area contributed by atoms with Crippen molar-refractivity contribution in [1.82, 2.24) is 19.1 Å². The van der Waals surface area contributed by atoms with Crippen molar-refractivity contribution in [2.75, 3.05) is 5.43 Å². The molecule has 0 saturated heterocycles. The van der Waals surface area contributed by atoms with Gasteiger partial charge in [-0.25, -0.2) is 14.8 Å². The van der Waals surface area contributed by atoms with E-state index in [1.165, 1.54) is 37.3 Å². The van der Waals surface area contributed by atoms with E-state index in [0.29, 0.717) is 5.76 Å². The van der Waals surface area contributed by atoms with Gasteiger partial charge in [0.1, 0.15) is 5.76 Å². The Balaban J connectivity index is 2.00. The molecule has 112 valence electrons. The third-order valence-electron chi connectivity index (χ3n) is 3.07. The topological polar surface area (TPSA) is 107 Å². The van der Waals surface area contributed by atoms with Crippen molar-refractivity contribution in [3.63, 3.8) is 0 Å². The summed E-state index contributed by atoms with van der Waals surface area (Å²) in [6, 6.07) is 3.48. The molecule has 3 aromatic heterocycles. The molecule has 0 fully saturated rings. The van der Waals surface area contributed by atoms with E-state index in [1.807, 2.05) is 0 Å². The number of hydrogen-bond donors (Lipinski definition) is 1. The molecule has 0 aliphatic rings. The number of aryl methyl sites for hydroxylation is 1. The van der Waals surface area contributed by atoms with Crippen LogP contribution in [0.3, 0.4) is 0 Å². The summed E-state index contributed by atoms with van der Waals surface area (Å²) in [5, 5.41) is 3.93. The van der Waals surface area contributed by atoms with Crippen LogP contribution in [0.15, 0.2) is 43.7 Å². The van der Waals surface area contributed by atoms with Gasteiger partial charge in [0.05, 0.1) is 18.7 Å². The maximum Gasteiger partial charge on any atom is 0.332 e. The van der Waals surface area contributed by atoms with Gasteiger partial charge >= 0.3 is 5.69 Å². The Kier molecular flexibility index (Phi) is 3.30. The van der Waals surface area contributed by atoms with E-state index in [4.69, 9.17) is 4.42 Å². The number of nitrogens with zero attached hydrogens (tertiary/aromatic N) is 5. The molecule has 0 aliphatic carbocycles. The van der Waals surface area contributed by atoms with Gasteiger partial charge in [0.25, 0.3) is 5.56 Å². The molecule has 0 bridgehead atoms. The summed E-state index contributed by atoms with van der Waals surface area (Å²) in [6.45, 7) is 0. The summed E-state index contributed by atoms with van der Waals surface area (Å²) in [7, 11) is 2.92. The Labute approximate surface area is 123 Å². The lowest BCUT2D eigenvalue weighted by molar-refractivity contribution is 0.560.